The van der Waals surface area contributed by atoms with Crippen LogP contribution >= 0.6 is 11.8 Å². The fraction of sp³-hybridized carbons (Fsp3) is 0.526. The van der Waals surface area contributed by atoms with Crippen molar-refractivity contribution in [1.29, 1.82) is 0 Å². The van der Waals surface area contributed by atoms with Gasteiger partial charge in [-0.15, -0.1) is 10.2 Å². The van der Waals surface area contributed by atoms with E-state index in [9.17, 15) is 13.2 Å². The van der Waals surface area contributed by atoms with Gasteiger partial charge in [0.1, 0.15) is 6.33 Å². The second kappa shape index (κ2) is 8.85. The second-order valence-electron chi connectivity index (χ2n) is 7.43. The molecule has 8 nitrogen and oxygen atoms in total. The van der Waals surface area contributed by atoms with Crippen LogP contribution in [0, 0.1) is 0 Å². The summed E-state index contributed by atoms with van der Waals surface area (Å²) in [5.41, 5.74) is 0.578. The summed E-state index contributed by atoms with van der Waals surface area (Å²) < 4.78 is 29.2. The van der Waals surface area contributed by atoms with Gasteiger partial charge >= 0.3 is 0 Å². The van der Waals surface area contributed by atoms with Crippen molar-refractivity contribution < 1.29 is 13.2 Å². The fourth-order valence-corrected chi connectivity index (χ4v) is 5.71. The Morgan fingerprint density at radius 3 is 2.45 bits per heavy atom. The normalized spacial score (nSPS) is 18.3. The van der Waals surface area contributed by atoms with Crippen LogP contribution in [-0.4, -0.2) is 52.2 Å². The van der Waals surface area contributed by atoms with Gasteiger partial charge in [-0.25, -0.2) is 8.42 Å². The third-order valence-corrected chi connectivity index (χ3v) is 8.02. The highest BCUT2D eigenvalue weighted by Crippen LogP contribution is 2.37. The molecule has 0 bridgehead atoms. The Hall–Kier alpha value is -1.91. The molecule has 1 saturated carbocycles. The molecule has 1 aliphatic heterocycles. The summed E-state index contributed by atoms with van der Waals surface area (Å²) in [6.45, 7) is 1.15. The SMILES string of the molecule is O=C(CSc1nncn1C1CC1)Nc1ccc(S(=O)(=O)N2CCCCCC2)cc1. The number of rotatable bonds is 7. The van der Waals surface area contributed by atoms with Crippen molar-refractivity contribution >= 4 is 33.4 Å². The molecular weight excluding hydrogens is 410 g/mol. The number of nitrogens with one attached hydrogen (secondary N) is 1. The van der Waals surface area contributed by atoms with E-state index in [1.165, 1.54) is 11.8 Å². The molecule has 1 aromatic carbocycles. The van der Waals surface area contributed by atoms with Crippen LogP contribution < -0.4 is 5.32 Å². The molecule has 1 aromatic heterocycles. The van der Waals surface area contributed by atoms with E-state index >= 15 is 0 Å². The zero-order chi connectivity index (χ0) is 20.3. The quantitative estimate of drug-likeness (QED) is 0.672. The third kappa shape index (κ3) is 4.99. The standard InChI is InChI=1S/C19H25N5O3S2/c25-18(13-28-19-22-20-14-24(19)16-7-8-16)21-15-5-9-17(10-6-15)29(26,27)23-11-3-1-2-4-12-23/h5-6,9-10,14,16H,1-4,7-8,11-13H2,(H,21,25). The fourth-order valence-electron chi connectivity index (χ4n) is 3.41. The second-order valence-corrected chi connectivity index (χ2v) is 10.3. The first-order valence-electron chi connectivity index (χ1n) is 9.96. The van der Waals surface area contributed by atoms with Crippen molar-refractivity contribution in [3.8, 4) is 0 Å². The Morgan fingerprint density at radius 2 is 1.79 bits per heavy atom. The highest BCUT2D eigenvalue weighted by molar-refractivity contribution is 7.99. The van der Waals surface area contributed by atoms with E-state index in [1.54, 1.807) is 34.9 Å². The van der Waals surface area contributed by atoms with E-state index in [4.69, 9.17) is 0 Å². The van der Waals surface area contributed by atoms with Crippen LogP contribution in [0.5, 0.6) is 0 Å². The van der Waals surface area contributed by atoms with Gasteiger partial charge in [0.15, 0.2) is 5.16 Å². The number of carbonyl (C=O) groups excluding carboxylic acids is 1. The van der Waals surface area contributed by atoms with Gasteiger partial charge < -0.3 is 9.88 Å². The Morgan fingerprint density at radius 1 is 1.10 bits per heavy atom. The molecule has 1 aliphatic carbocycles. The minimum Gasteiger partial charge on any atom is -0.325 e. The van der Waals surface area contributed by atoms with Crippen LogP contribution in [0.1, 0.15) is 44.6 Å². The van der Waals surface area contributed by atoms with Gasteiger partial charge in [0, 0.05) is 24.8 Å². The van der Waals surface area contributed by atoms with Crippen molar-refractivity contribution in [3.05, 3.63) is 30.6 Å². The molecule has 156 valence electrons. The summed E-state index contributed by atoms with van der Waals surface area (Å²) in [6.07, 6.45) is 7.92. The molecule has 10 heteroatoms. The van der Waals surface area contributed by atoms with Crippen LogP contribution in [0.4, 0.5) is 5.69 Å². The van der Waals surface area contributed by atoms with Gasteiger partial charge in [0.05, 0.1) is 10.6 Å². The van der Waals surface area contributed by atoms with Crippen LogP contribution in [0.2, 0.25) is 0 Å². The maximum absolute atomic E-state index is 12.8. The number of sulfonamides is 1. The van der Waals surface area contributed by atoms with E-state index in [0.29, 0.717) is 24.8 Å². The van der Waals surface area contributed by atoms with E-state index in [0.717, 1.165) is 43.7 Å². The van der Waals surface area contributed by atoms with Crippen LogP contribution in [0.25, 0.3) is 0 Å². The summed E-state index contributed by atoms with van der Waals surface area (Å²) in [7, 11) is -3.48. The maximum Gasteiger partial charge on any atom is 0.243 e. The summed E-state index contributed by atoms with van der Waals surface area (Å²) in [5, 5.41) is 11.6. The molecule has 1 amide bonds. The van der Waals surface area contributed by atoms with E-state index < -0.39 is 10.0 Å². The van der Waals surface area contributed by atoms with Crippen LogP contribution in [0.3, 0.4) is 0 Å². The number of benzene rings is 1. The van der Waals surface area contributed by atoms with E-state index in [1.807, 2.05) is 4.57 Å². The predicted octanol–water partition coefficient (Wildman–Crippen LogP) is 2.91. The molecule has 2 aromatic rings. The smallest absolute Gasteiger partial charge is 0.243 e. The third-order valence-electron chi connectivity index (χ3n) is 5.15. The lowest BCUT2D eigenvalue weighted by Gasteiger charge is -2.20. The lowest BCUT2D eigenvalue weighted by molar-refractivity contribution is -0.113. The Labute approximate surface area is 175 Å². The monoisotopic (exact) mass is 435 g/mol. The summed E-state index contributed by atoms with van der Waals surface area (Å²) in [4.78, 5) is 12.5. The first kappa shape index (κ1) is 20.4. The maximum atomic E-state index is 12.8. The molecule has 4 rings (SSSR count). The zero-order valence-electron chi connectivity index (χ0n) is 16.2. The van der Waals surface area contributed by atoms with Gasteiger partial charge in [-0.1, -0.05) is 24.6 Å². The van der Waals surface area contributed by atoms with Crippen LogP contribution in [-0.2, 0) is 14.8 Å². The Balaban J connectivity index is 1.33. The number of hydrogen-bond donors (Lipinski definition) is 1. The number of nitrogens with zero attached hydrogens (tertiary/aromatic N) is 4. The molecule has 0 spiro atoms. The van der Waals surface area contributed by atoms with E-state index in [2.05, 4.69) is 15.5 Å². The lowest BCUT2D eigenvalue weighted by atomic mass is 10.2. The largest absolute Gasteiger partial charge is 0.325 e. The average molecular weight is 436 g/mol. The Kier molecular flexibility index (Phi) is 6.21. The van der Waals surface area contributed by atoms with E-state index in [-0.39, 0.29) is 16.6 Å². The van der Waals surface area contributed by atoms with Gasteiger partial charge in [-0.05, 0) is 49.9 Å². The molecule has 2 fully saturated rings. The average Bonchev–Trinajstić information content (AvgIpc) is 3.50. The van der Waals surface area contributed by atoms with Crippen molar-refractivity contribution in [2.75, 3.05) is 24.2 Å². The summed E-state index contributed by atoms with van der Waals surface area (Å²) >= 11 is 1.35. The van der Waals surface area contributed by atoms with Crippen molar-refractivity contribution in [2.45, 2.75) is 54.6 Å². The number of carbonyl (C=O) groups is 1. The number of amides is 1. The topological polar surface area (TPSA) is 97.2 Å². The molecule has 1 N–H and O–H groups in total. The molecular formula is C19H25N5O3S2. The highest BCUT2D eigenvalue weighted by atomic mass is 32.2. The molecule has 2 aliphatic rings. The Bertz CT molecular complexity index is 946. The lowest BCUT2D eigenvalue weighted by Crippen LogP contribution is -2.31. The highest BCUT2D eigenvalue weighted by Gasteiger charge is 2.27. The zero-order valence-corrected chi connectivity index (χ0v) is 17.8. The summed E-state index contributed by atoms with van der Waals surface area (Å²) in [6, 6.07) is 6.87. The van der Waals surface area contributed by atoms with Gasteiger partial charge in [0.2, 0.25) is 15.9 Å². The number of hydrogen-bond acceptors (Lipinski definition) is 6. The van der Waals surface area contributed by atoms with Crippen molar-refractivity contribution in [2.24, 2.45) is 0 Å². The molecule has 0 atom stereocenters. The number of thioether (sulfide) groups is 1. The number of anilines is 1. The predicted molar refractivity (Wildman–Crippen MR) is 111 cm³/mol. The molecule has 29 heavy (non-hydrogen) atoms. The van der Waals surface area contributed by atoms with Crippen molar-refractivity contribution in [1.82, 2.24) is 19.1 Å². The van der Waals surface area contributed by atoms with Crippen LogP contribution in [0.15, 0.2) is 40.6 Å². The molecule has 0 radical (unpaired) electrons. The first-order chi connectivity index (χ1) is 14.0. The van der Waals surface area contributed by atoms with Gasteiger partial charge in [0.25, 0.3) is 0 Å². The van der Waals surface area contributed by atoms with Gasteiger partial charge in [-0.3, -0.25) is 4.79 Å². The van der Waals surface area contributed by atoms with Gasteiger partial charge in [-0.2, -0.15) is 4.31 Å². The number of aromatic nitrogens is 3. The first-order valence-corrected chi connectivity index (χ1v) is 12.4. The molecule has 1 saturated heterocycles. The molecule has 0 unspecified atom stereocenters. The van der Waals surface area contributed by atoms with Crippen molar-refractivity contribution in [3.63, 3.8) is 0 Å². The summed E-state index contributed by atoms with van der Waals surface area (Å²) in [5.74, 6) is 0.0580. The minimum absolute atomic E-state index is 0.163. The molecule has 2 heterocycles. The minimum atomic E-state index is -3.48.